The van der Waals surface area contributed by atoms with Crippen molar-refractivity contribution in [3.63, 3.8) is 0 Å². The highest BCUT2D eigenvalue weighted by Gasteiger charge is 2.20. The van der Waals surface area contributed by atoms with Crippen LogP contribution in [0.4, 0.5) is 0 Å². The van der Waals surface area contributed by atoms with Crippen LogP contribution >= 0.6 is 0 Å². The predicted molar refractivity (Wildman–Crippen MR) is 241 cm³/mol. The van der Waals surface area contributed by atoms with Crippen LogP contribution < -0.4 is 5.32 Å². The van der Waals surface area contributed by atoms with E-state index in [-0.39, 0.29) is 18.5 Å². The molecule has 0 rings (SSSR count). The van der Waals surface area contributed by atoms with Crippen molar-refractivity contribution >= 4 is 11.9 Å². The number of unbranched alkanes of at least 4 members (excludes halogenated alkanes) is 30. The van der Waals surface area contributed by atoms with Gasteiger partial charge >= 0.3 is 5.97 Å². The third-order valence-corrected chi connectivity index (χ3v) is 11.3. The van der Waals surface area contributed by atoms with E-state index in [1.54, 1.807) is 0 Å². The number of aliphatic hydroxyl groups is 2. The maximum Gasteiger partial charge on any atom is 0.305 e. The highest BCUT2D eigenvalue weighted by atomic mass is 16.5. The number of hydrogen-bond donors (Lipinski definition) is 3. The van der Waals surface area contributed by atoms with Crippen molar-refractivity contribution in [2.45, 2.75) is 270 Å². The fraction of sp³-hybridized carbons (Fsp3) is 0.880. The Kier molecular flexibility index (Phi) is 44.7. The molecule has 0 aliphatic rings. The molecule has 0 spiro atoms. The zero-order valence-electron chi connectivity index (χ0n) is 37.4. The van der Waals surface area contributed by atoms with Crippen LogP contribution in [0.1, 0.15) is 258 Å². The number of carbonyl (C=O) groups excluding carboxylic acids is 2. The minimum atomic E-state index is -0.671. The Morgan fingerprint density at radius 2 is 0.893 bits per heavy atom. The molecule has 6 heteroatoms. The van der Waals surface area contributed by atoms with E-state index in [2.05, 4.69) is 43.5 Å². The third kappa shape index (κ3) is 42.0. The maximum atomic E-state index is 12.4. The van der Waals surface area contributed by atoms with Crippen LogP contribution in [0.15, 0.2) is 24.3 Å². The highest BCUT2D eigenvalue weighted by Crippen LogP contribution is 2.16. The predicted octanol–water partition coefficient (Wildman–Crippen LogP) is 14.3. The first-order valence-electron chi connectivity index (χ1n) is 24.6. The standard InChI is InChI=1S/C50H95NO5/c1-3-5-7-9-11-13-15-16-17-20-24-28-32-36-40-44-50(55)56-45-41-37-33-29-25-21-18-19-23-27-31-35-39-43-49(54)51-47(46-52)48(53)42-38-34-30-26-22-14-12-10-8-6-4-2/h11,13,16-17,47-48,52-53H,3-10,12,14-15,18-46H2,1-2H3,(H,51,54)/b13-11-,17-16-. The lowest BCUT2D eigenvalue weighted by atomic mass is 10.0. The molecule has 0 bridgehead atoms. The van der Waals surface area contributed by atoms with Gasteiger partial charge in [0, 0.05) is 12.8 Å². The first kappa shape index (κ1) is 54.3. The Balaban J connectivity index is 3.45. The Labute approximate surface area is 348 Å². The average Bonchev–Trinajstić information content (AvgIpc) is 3.20. The van der Waals surface area contributed by atoms with E-state index in [0.717, 1.165) is 57.8 Å². The summed E-state index contributed by atoms with van der Waals surface area (Å²) in [4.78, 5) is 24.4. The summed E-state index contributed by atoms with van der Waals surface area (Å²) in [7, 11) is 0. The van der Waals surface area contributed by atoms with Gasteiger partial charge in [-0.15, -0.1) is 0 Å². The molecule has 3 N–H and O–H groups in total. The highest BCUT2D eigenvalue weighted by molar-refractivity contribution is 5.76. The van der Waals surface area contributed by atoms with Gasteiger partial charge in [-0.1, -0.05) is 212 Å². The number of hydrogen-bond acceptors (Lipinski definition) is 5. The van der Waals surface area contributed by atoms with E-state index in [1.165, 1.54) is 167 Å². The lowest BCUT2D eigenvalue weighted by molar-refractivity contribution is -0.143. The molecule has 0 radical (unpaired) electrons. The minimum absolute atomic E-state index is 0.0199. The fourth-order valence-corrected chi connectivity index (χ4v) is 7.43. The molecule has 330 valence electrons. The smallest absolute Gasteiger partial charge is 0.305 e. The minimum Gasteiger partial charge on any atom is -0.466 e. The number of esters is 1. The second-order valence-electron chi connectivity index (χ2n) is 16.8. The molecule has 2 unspecified atom stereocenters. The molecule has 0 saturated heterocycles. The monoisotopic (exact) mass is 790 g/mol. The summed E-state index contributed by atoms with van der Waals surface area (Å²) in [5.41, 5.74) is 0. The molecule has 0 aliphatic carbocycles. The first-order valence-corrected chi connectivity index (χ1v) is 24.6. The van der Waals surface area contributed by atoms with E-state index in [9.17, 15) is 19.8 Å². The normalized spacial score (nSPS) is 12.9. The number of amides is 1. The van der Waals surface area contributed by atoms with Crippen LogP contribution in [0.3, 0.4) is 0 Å². The van der Waals surface area contributed by atoms with Crippen molar-refractivity contribution < 1.29 is 24.5 Å². The van der Waals surface area contributed by atoms with Gasteiger partial charge in [0.25, 0.3) is 0 Å². The number of aliphatic hydroxyl groups excluding tert-OH is 2. The lowest BCUT2D eigenvalue weighted by Gasteiger charge is -2.22. The number of nitrogens with one attached hydrogen (secondary N) is 1. The summed E-state index contributed by atoms with van der Waals surface area (Å²) in [6, 6.07) is -0.550. The van der Waals surface area contributed by atoms with Crippen LogP contribution in [0.2, 0.25) is 0 Å². The van der Waals surface area contributed by atoms with Crippen LogP contribution in [0.5, 0.6) is 0 Å². The van der Waals surface area contributed by atoms with Gasteiger partial charge in [0.2, 0.25) is 5.91 Å². The summed E-state index contributed by atoms with van der Waals surface area (Å²) >= 11 is 0. The molecule has 0 heterocycles. The molecule has 0 aromatic rings. The summed E-state index contributed by atoms with van der Waals surface area (Å²) in [6.45, 7) is 4.88. The van der Waals surface area contributed by atoms with Crippen LogP contribution in [-0.4, -0.2) is 47.4 Å². The van der Waals surface area contributed by atoms with Gasteiger partial charge in [0.15, 0.2) is 0 Å². The average molecular weight is 790 g/mol. The lowest BCUT2D eigenvalue weighted by Crippen LogP contribution is -2.45. The molecular formula is C50H95NO5. The van der Waals surface area contributed by atoms with Gasteiger partial charge < -0.3 is 20.3 Å². The quantitative estimate of drug-likeness (QED) is 0.0324. The fourth-order valence-electron chi connectivity index (χ4n) is 7.43. The van der Waals surface area contributed by atoms with Gasteiger partial charge in [-0.25, -0.2) is 0 Å². The summed E-state index contributed by atoms with van der Waals surface area (Å²) in [5.74, 6) is -0.0700. The van der Waals surface area contributed by atoms with E-state index in [4.69, 9.17) is 4.74 Å². The Bertz CT molecular complexity index is 874. The van der Waals surface area contributed by atoms with Gasteiger partial charge in [-0.05, 0) is 57.8 Å². The zero-order valence-corrected chi connectivity index (χ0v) is 37.4. The van der Waals surface area contributed by atoms with Gasteiger partial charge in [0.1, 0.15) is 0 Å². The number of ether oxygens (including phenoxy) is 1. The van der Waals surface area contributed by atoms with E-state index >= 15 is 0 Å². The van der Waals surface area contributed by atoms with Crippen molar-refractivity contribution in [1.82, 2.24) is 5.32 Å². The SMILES string of the molecule is CCCCC/C=C\C/C=C\CCCCCCCC(=O)OCCCCCCCCCCCCCCCC(=O)NC(CO)C(O)CCCCCCCCCCCCC. The van der Waals surface area contributed by atoms with Gasteiger partial charge in [0.05, 0.1) is 25.4 Å². The van der Waals surface area contributed by atoms with Gasteiger partial charge in [-0.3, -0.25) is 9.59 Å². The third-order valence-electron chi connectivity index (χ3n) is 11.3. The number of allylic oxidation sites excluding steroid dienone is 4. The second-order valence-corrected chi connectivity index (χ2v) is 16.8. The van der Waals surface area contributed by atoms with Crippen molar-refractivity contribution in [2.75, 3.05) is 13.2 Å². The van der Waals surface area contributed by atoms with E-state index < -0.39 is 12.1 Å². The molecule has 0 aromatic heterocycles. The van der Waals surface area contributed by atoms with Gasteiger partial charge in [-0.2, -0.15) is 0 Å². The summed E-state index contributed by atoms with van der Waals surface area (Å²) in [5, 5.41) is 23.1. The summed E-state index contributed by atoms with van der Waals surface area (Å²) in [6.07, 6.45) is 52.8. The largest absolute Gasteiger partial charge is 0.466 e. The van der Waals surface area contributed by atoms with Crippen molar-refractivity contribution in [1.29, 1.82) is 0 Å². The molecule has 0 saturated carbocycles. The van der Waals surface area contributed by atoms with Crippen molar-refractivity contribution in [3.05, 3.63) is 24.3 Å². The van der Waals surface area contributed by atoms with E-state index in [0.29, 0.717) is 25.9 Å². The van der Waals surface area contributed by atoms with Crippen molar-refractivity contribution in [3.8, 4) is 0 Å². The topological polar surface area (TPSA) is 95.9 Å². The molecule has 0 aliphatic heterocycles. The zero-order chi connectivity index (χ0) is 40.8. The van der Waals surface area contributed by atoms with E-state index in [1.807, 2.05) is 0 Å². The molecule has 2 atom stereocenters. The van der Waals surface area contributed by atoms with Crippen LogP contribution in [-0.2, 0) is 14.3 Å². The first-order chi connectivity index (χ1) is 27.5. The Morgan fingerprint density at radius 1 is 0.500 bits per heavy atom. The summed E-state index contributed by atoms with van der Waals surface area (Å²) < 4.78 is 5.45. The molecule has 6 nitrogen and oxygen atoms in total. The number of rotatable bonds is 45. The van der Waals surface area contributed by atoms with Crippen molar-refractivity contribution in [2.24, 2.45) is 0 Å². The molecule has 56 heavy (non-hydrogen) atoms. The van der Waals surface area contributed by atoms with Crippen LogP contribution in [0, 0.1) is 0 Å². The van der Waals surface area contributed by atoms with Crippen LogP contribution in [0.25, 0.3) is 0 Å². The Morgan fingerprint density at radius 3 is 1.39 bits per heavy atom. The Hall–Kier alpha value is -1.66. The maximum absolute atomic E-state index is 12.4. The molecule has 1 amide bonds. The number of carbonyl (C=O) groups is 2. The molecular weight excluding hydrogens is 695 g/mol. The second kappa shape index (κ2) is 46.0. The molecule has 0 fully saturated rings. The molecule has 0 aromatic carbocycles.